The lowest BCUT2D eigenvalue weighted by molar-refractivity contribution is 0.692. The van der Waals surface area contributed by atoms with E-state index in [0.29, 0.717) is 6.42 Å². The minimum Gasteiger partial charge on any atom is -0.335 e. The lowest BCUT2D eigenvalue weighted by atomic mass is 10.0. The molecule has 4 rings (SSSR count). The quantitative estimate of drug-likeness (QED) is 0.206. The summed E-state index contributed by atoms with van der Waals surface area (Å²) >= 11 is 3.99. The molecule has 0 N–H and O–H groups in total. The molecule has 0 amide bonds. The van der Waals surface area contributed by atoms with Gasteiger partial charge in [-0.05, 0) is 84.9 Å². The molecule has 0 atom stereocenters. The van der Waals surface area contributed by atoms with Gasteiger partial charge in [0.05, 0.1) is 11.1 Å². The first-order valence-electron chi connectivity index (χ1n) is 12.0. The van der Waals surface area contributed by atoms with E-state index in [-0.39, 0.29) is 0 Å². The number of anilines is 1. The molecule has 1 aliphatic heterocycles. The average Bonchev–Trinajstić information content (AvgIpc) is 3.35. The fourth-order valence-electron chi connectivity index (χ4n) is 4.33. The van der Waals surface area contributed by atoms with Crippen LogP contribution < -0.4 is 4.90 Å². The molecule has 0 unspecified atom stereocenters. The van der Waals surface area contributed by atoms with Crippen molar-refractivity contribution < 1.29 is 0 Å². The van der Waals surface area contributed by atoms with Gasteiger partial charge in [0.25, 0.3) is 0 Å². The molecule has 1 fully saturated rings. The molecule has 33 heavy (non-hydrogen) atoms. The second-order valence-corrected chi connectivity index (χ2v) is 10.7. The predicted octanol–water partition coefficient (Wildman–Crippen LogP) is 8.65. The van der Waals surface area contributed by atoms with E-state index in [4.69, 9.17) is 5.26 Å². The molecule has 1 saturated heterocycles. The fraction of sp³-hybridized carbons (Fsp3) is 0.345. The minimum absolute atomic E-state index is 0.667. The summed E-state index contributed by atoms with van der Waals surface area (Å²) in [6.45, 7) is 1.09. The molecule has 170 valence electrons. The number of unbranched alkanes of at least 4 members (excludes halogenated alkanes) is 3. The molecule has 0 aliphatic carbocycles. The van der Waals surface area contributed by atoms with Crippen LogP contribution in [0, 0.1) is 11.3 Å². The Labute approximate surface area is 207 Å². The van der Waals surface area contributed by atoms with Gasteiger partial charge in [-0.25, -0.2) is 0 Å². The van der Waals surface area contributed by atoms with Gasteiger partial charge in [-0.2, -0.15) is 5.26 Å². The third-order valence-corrected chi connectivity index (χ3v) is 8.30. The molecule has 1 aliphatic rings. The van der Waals surface area contributed by atoms with E-state index >= 15 is 0 Å². The van der Waals surface area contributed by atoms with E-state index in [1.807, 2.05) is 23.5 Å². The van der Waals surface area contributed by atoms with Crippen molar-refractivity contribution in [3.8, 4) is 6.07 Å². The van der Waals surface area contributed by atoms with E-state index < -0.39 is 0 Å². The van der Waals surface area contributed by atoms with Crippen LogP contribution in [-0.4, -0.2) is 18.1 Å². The summed E-state index contributed by atoms with van der Waals surface area (Å²) in [7, 11) is 0. The van der Waals surface area contributed by atoms with Crippen LogP contribution in [0.25, 0.3) is 10.8 Å². The molecule has 0 aromatic heterocycles. The van der Waals surface area contributed by atoms with Crippen molar-refractivity contribution in [2.45, 2.75) is 49.8 Å². The molecule has 2 nitrogen and oxygen atoms in total. The zero-order valence-corrected chi connectivity index (χ0v) is 20.8. The van der Waals surface area contributed by atoms with Crippen LogP contribution in [-0.2, 0) is 0 Å². The van der Waals surface area contributed by atoms with Gasteiger partial charge in [0.2, 0.25) is 0 Å². The van der Waals surface area contributed by atoms with Gasteiger partial charge in [-0.3, -0.25) is 0 Å². The van der Waals surface area contributed by atoms with Crippen LogP contribution >= 0.6 is 23.5 Å². The van der Waals surface area contributed by atoms with Gasteiger partial charge < -0.3 is 4.90 Å². The van der Waals surface area contributed by atoms with E-state index in [2.05, 4.69) is 83.8 Å². The molecule has 0 radical (unpaired) electrons. The van der Waals surface area contributed by atoms with E-state index in [1.54, 1.807) is 5.57 Å². The Morgan fingerprint density at radius 1 is 0.879 bits per heavy atom. The second-order valence-electron chi connectivity index (χ2n) is 8.42. The van der Waals surface area contributed by atoms with Crippen molar-refractivity contribution in [1.82, 2.24) is 0 Å². The average molecular weight is 473 g/mol. The van der Waals surface area contributed by atoms with E-state index in [0.717, 1.165) is 43.7 Å². The van der Waals surface area contributed by atoms with Crippen molar-refractivity contribution in [1.29, 1.82) is 5.26 Å². The maximum Gasteiger partial charge on any atom is 0.0744 e. The fourth-order valence-corrected chi connectivity index (χ4v) is 6.52. The van der Waals surface area contributed by atoms with Gasteiger partial charge in [0, 0.05) is 29.3 Å². The summed E-state index contributed by atoms with van der Waals surface area (Å²) in [4.78, 5) is 3.87. The summed E-state index contributed by atoms with van der Waals surface area (Å²) in [6, 6.07) is 28.5. The second kappa shape index (κ2) is 12.8. The number of thioether (sulfide) groups is 2. The third-order valence-electron chi connectivity index (χ3n) is 6.05. The Morgan fingerprint density at radius 2 is 1.64 bits per heavy atom. The monoisotopic (exact) mass is 472 g/mol. The Bertz CT molecular complexity index is 1100. The number of rotatable bonds is 11. The van der Waals surface area contributed by atoms with Crippen LogP contribution in [0.5, 0.6) is 0 Å². The van der Waals surface area contributed by atoms with E-state index in [1.165, 1.54) is 39.2 Å². The SMILES string of the molecule is N#CCCCC/C(CCCCSc1ccc2ccccc2c1)=C1/SCCN1c1ccccc1. The van der Waals surface area contributed by atoms with Gasteiger partial charge in [-0.15, -0.1) is 23.5 Å². The van der Waals surface area contributed by atoms with Crippen LogP contribution in [0.1, 0.15) is 44.9 Å². The highest BCUT2D eigenvalue weighted by Crippen LogP contribution is 2.38. The molecule has 0 saturated carbocycles. The molecular weight excluding hydrogens is 440 g/mol. The summed E-state index contributed by atoms with van der Waals surface area (Å²) in [5, 5.41) is 13.0. The third kappa shape index (κ3) is 6.82. The van der Waals surface area contributed by atoms with Crippen molar-refractivity contribution in [3.63, 3.8) is 0 Å². The van der Waals surface area contributed by atoms with Crippen molar-refractivity contribution in [3.05, 3.63) is 83.4 Å². The lowest BCUT2D eigenvalue weighted by Crippen LogP contribution is -2.18. The summed E-state index contributed by atoms with van der Waals surface area (Å²) in [5.41, 5.74) is 2.90. The van der Waals surface area contributed by atoms with Gasteiger partial charge in [0.1, 0.15) is 0 Å². The Balaban J connectivity index is 1.35. The highest BCUT2D eigenvalue weighted by molar-refractivity contribution is 8.03. The molecule has 0 bridgehead atoms. The molecular formula is C29H32N2S2. The number of fused-ring (bicyclic) bond motifs is 1. The van der Waals surface area contributed by atoms with Crippen molar-refractivity contribution in [2.24, 2.45) is 0 Å². The number of hydrogen-bond acceptors (Lipinski definition) is 4. The Hall–Kier alpha value is -2.35. The predicted molar refractivity (Wildman–Crippen MR) is 146 cm³/mol. The first kappa shape index (κ1) is 23.8. The summed E-state index contributed by atoms with van der Waals surface area (Å²) < 4.78 is 0. The highest BCUT2D eigenvalue weighted by Gasteiger charge is 2.22. The molecule has 0 spiro atoms. The highest BCUT2D eigenvalue weighted by atomic mass is 32.2. The van der Waals surface area contributed by atoms with Crippen molar-refractivity contribution in [2.75, 3.05) is 23.0 Å². The topological polar surface area (TPSA) is 27.0 Å². The molecule has 3 aromatic carbocycles. The zero-order chi connectivity index (χ0) is 22.7. The number of nitriles is 1. The maximum atomic E-state index is 8.91. The van der Waals surface area contributed by atoms with Crippen LogP contribution in [0.15, 0.2) is 88.3 Å². The number of para-hydroxylation sites is 1. The Morgan fingerprint density at radius 3 is 2.45 bits per heavy atom. The van der Waals surface area contributed by atoms with Crippen LogP contribution in [0.2, 0.25) is 0 Å². The lowest BCUT2D eigenvalue weighted by Gasteiger charge is -2.23. The van der Waals surface area contributed by atoms with Gasteiger partial charge in [-0.1, -0.05) is 48.5 Å². The van der Waals surface area contributed by atoms with Crippen LogP contribution in [0.4, 0.5) is 5.69 Å². The van der Waals surface area contributed by atoms with Gasteiger partial charge >= 0.3 is 0 Å². The first-order valence-corrected chi connectivity index (χ1v) is 14.0. The number of hydrogen-bond donors (Lipinski definition) is 0. The summed E-state index contributed by atoms with van der Waals surface area (Å²) in [5.74, 6) is 2.31. The molecule has 1 heterocycles. The minimum atomic E-state index is 0.667. The normalized spacial score (nSPS) is 15.1. The molecule has 4 heteroatoms. The zero-order valence-electron chi connectivity index (χ0n) is 19.2. The largest absolute Gasteiger partial charge is 0.335 e. The summed E-state index contributed by atoms with van der Waals surface area (Å²) in [6.07, 6.45) is 7.51. The van der Waals surface area contributed by atoms with Crippen LogP contribution in [0.3, 0.4) is 0 Å². The van der Waals surface area contributed by atoms with Gasteiger partial charge in [0.15, 0.2) is 0 Å². The first-order chi connectivity index (χ1) is 16.3. The molecule has 3 aromatic rings. The van der Waals surface area contributed by atoms with E-state index in [9.17, 15) is 0 Å². The number of allylic oxidation sites excluding steroid dienone is 1. The number of benzene rings is 3. The Kier molecular flexibility index (Phi) is 9.21. The number of nitrogens with zero attached hydrogens (tertiary/aromatic N) is 2. The smallest absolute Gasteiger partial charge is 0.0744 e. The maximum absolute atomic E-state index is 8.91. The standard InChI is InChI=1S/C29H32N2S2/c30-19-9-2-3-12-25(29-31(20-22-33-29)27-15-4-1-5-16-27)13-8-10-21-32-28-18-17-24-11-6-7-14-26(24)23-28/h1,4-7,11,14-18,23H,2-3,8-10,12-13,20-22H2/b29-25-. The van der Waals surface area contributed by atoms with Crippen molar-refractivity contribution >= 4 is 40.0 Å².